The van der Waals surface area contributed by atoms with Crippen LogP contribution in [-0.4, -0.2) is 73.0 Å². The lowest BCUT2D eigenvalue weighted by Gasteiger charge is -2.42. The highest BCUT2D eigenvalue weighted by Gasteiger charge is 2.43. The Balaban J connectivity index is 1.71. The highest BCUT2D eigenvalue weighted by Crippen LogP contribution is 2.33. The van der Waals surface area contributed by atoms with Crippen LogP contribution in [0.5, 0.6) is 11.5 Å². The Bertz CT molecular complexity index is 663. The normalized spacial score (nSPS) is 24.9. The molecule has 0 unspecified atom stereocenters. The maximum atomic E-state index is 13.4. The number of nitrogens with zero attached hydrogens (tertiary/aromatic N) is 2. The molecule has 7 heteroatoms. The fraction of sp³-hybridized carbons (Fsp3) is 0.650. The van der Waals surface area contributed by atoms with Crippen molar-refractivity contribution in [1.29, 1.82) is 0 Å². The minimum Gasteiger partial charge on any atom is -0.493 e. The number of carbonyl (C=O) groups is 1. The molecule has 150 valence electrons. The van der Waals surface area contributed by atoms with E-state index in [0.717, 1.165) is 12.0 Å². The monoisotopic (exact) mass is 380 g/mol. The van der Waals surface area contributed by atoms with E-state index in [-0.39, 0.29) is 12.5 Å². The number of rotatable bonds is 6. The van der Waals surface area contributed by atoms with Crippen molar-refractivity contribution in [2.75, 3.05) is 40.4 Å². The smallest absolute Gasteiger partial charge is 0.256 e. The van der Waals surface area contributed by atoms with E-state index in [1.165, 1.54) is 0 Å². The van der Waals surface area contributed by atoms with Crippen LogP contribution in [0, 0.1) is 0 Å². The van der Waals surface area contributed by atoms with E-state index in [9.17, 15) is 14.3 Å². The van der Waals surface area contributed by atoms with Crippen LogP contribution in [0.1, 0.15) is 31.2 Å². The summed E-state index contributed by atoms with van der Waals surface area (Å²) in [7, 11) is 3.15. The summed E-state index contributed by atoms with van der Waals surface area (Å²) < 4.78 is 24.1. The van der Waals surface area contributed by atoms with Gasteiger partial charge >= 0.3 is 0 Å². The highest BCUT2D eigenvalue weighted by atomic mass is 19.1. The van der Waals surface area contributed by atoms with E-state index in [2.05, 4.69) is 0 Å². The van der Waals surface area contributed by atoms with E-state index in [1.54, 1.807) is 19.1 Å². The SMILES string of the molecule is COc1cccc(CN2CCC[C@@](O)(CN3CCC(F)CC3)C2=O)c1OC. The third-order valence-electron chi connectivity index (χ3n) is 5.55. The molecule has 2 aliphatic heterocycles. The Morgan fingerprint density at radius 1 is 1.22 bits per heavy atom. The lowest BCUT2D eigenvalue weighted by Crippen LogP contribution is -2.59. The summed E-state index contributed by atoms with van der Waals surface area (Å²) in [6.45, 7) is 2.38. The number of benzene rings is 1. The summed E-state index contributed by atoms with van der Waals surface area (Å²) in [5.41, 5.74) is -0.569. The van der Waals surface area contributed by atoms with Gasteiger partial charge in [0.25, 0.3) is 5.91 Å². The number of aliphatic hydroxyl groups is 1. The number of carbonyl (C=O) groups excluding carboxylic acids is 1. The van der Waals surface area contributed by atoms with Gasteiger partial charge in [0.2, 0.25) is 0 Å². The molecule has 1 N–H and O–H groups in total. The molecule has 0 saturated carbocycles. The molecule has 6 nitrogen and oxygen atoms in total. The first-order chi connectivity index (χ1) is 13.0. The molecule has 0 radical (unpaired) electrons. The maximum Gasteiger partial charge on any atom is 0.256 e. The van der Waals surface area contributed by atoms with Gasteiger partial charge in [-0.1, -0.05) is 12.1 Å². The Labute approximate surface area is 159 Å². The number of piperidine rings is 2. The van der Waals surface area contributed by atoms with Crippen molar-refractivity contribution in [3.63, 3.8) is 0 Å². The first-order valence-corrected chi connectivity index (χ1v) is 9.55. The third kappa shape index (κ3) is 4.35. The molecule has 1 aromatic rings. The fourth-order valence-corrected chi connectivity index (χ4v) is 4.08. The van der Waals surface area contributed by atoms with E-state index in [0.29, 0.717) is 56.9 Å². The van der Waals surface area contributed by atoms with Crippen molar-refractivity contribution >= 4 is 5.91 Å². The lowest BCUT2D eigenvalue weighted by atomic mass is 9.90. The van der Waals surface area contributed by atoms with E-state index >= 15 is 0 Å². The number of halogens is 1. The summed E-state index contributed by atoms with van der Waals surface area (Å²) in [6, 6.07) is 5.57. The predicted molar refractivity (Wildman–Crippen MR) is 99.7 cm³/mol. The molecule has 2 heterocycles. The standard InChI is InChI=1S/C20H29FN2O4/c1-26-17-6-3-5-15(18(17)27-2)13-23-10-4-9-20(25,19(23)24)14-22-11-7-16(21)8-12-22/h3,5-6,16,25H,4,7-14H2,1-2H3/t20-/m1/s1. The van der Waals surface area contributed by atoms with E-state index in [1.807, 2.05) is 23.1 Å². The zero-order valence-electron chi connectivity index (χ0n) is 16.1. The van der Waals surface area contributed by atoms with Gasteiger partial charge in [-0.05, 0) is 31.7 Å². The Hall–Kier alpha value is -1.86. The van der Waals surface area contributed by atoms with Gasteiger partial charge in [-0.15, -0.1) is 0 Å². The number of hydrogen-bond acceptors (Lipinski definition) is 5. The van der Waals surface area contributed by atoms with Crippen LogP contribution in [0.3, 0.4) is 0 Å². The highest BCUT2D eigenvalue weighted by molar-refractivity contribution is 5.86. The molecule has 1 atom stereocenters. The van der Waals surface area contributed by atoms with Crippen molar-refractivity contribution in [1.82, 2.24) is 9.80 Å². The second-order valence-electron chi connectivity index (χ2n) is 7.47. The zero-order chi connectivity index (χ0) is 19.4. The quantitative estimate of drug-likeness (QED) is 0.818. The average molecular weight is 380 g/mol. The molecular weight excluding hydrogens is 351 g/mol. The van der Waals surface area contributed by atoms with Crippen molar-refractivity contribution in [2.45, 2.75) is 44.0 Å². The molecule has 0 aliphatic carbocycles. The molecule has 2 saturated heterocycles. The van der Waals surface area contributed by atoms with Gasteiger partial charge in [0.15, 0.2) is 17.1 Å². The summed E-state index contributed by atoms with van der Waals surface area (Å²) in [4.78, 5) is 16.7. The van der Waals surface area contributed by atoms with E-state index < -0.39 is 11.8 Å². The number of hydrogen-bond donors (Lipinski definition) is 1. The van der Waals surface area contributed by atoms with Crippen molar-refractivity contribution in [3.05, 3.63) is 23.8 Å². The van der Waals surface area contributed by atoms with Crippen LogP contribution < -0.4 is 9.47 Å². The third-order valence-corrected chi connectivity index (χ3v) is 5.55. The molecule has 1 amide bonds. The molecule has 1 aromatic carbocycles. The molecule has 0 bridgehead atoms. The van der Waals surface area contributed by atoms with Crippen LogP contribution in [0.15, 0.2) is 18.2 Å². The molecule has 3 rings (SSSR count). The molecule has 0 aromatic heterocycles. The summed E-state index contributed by atoms with van der Waals surface area (Å²) in [5, 5.41) is 11.1. The second kappa shape index (κ2) is 8.44. The molecule has 0 spiro atoms. The molecule has 2 aliphatic rings. The Morgan fingerprint density at radius 2 is 1.96 bits per heavy atom. The maximum absolute atomic E-state index is 13.4. The van der Waals surface area contributed by atoms with Crippen molar-refractivity contribution in [3.8, 4) is 11.5 Å². The molecular formula is C20H29FN2O4. The van der Waals surface area contributed by atoms with Gasteiger partial charge in [-0.2, -0.15) is 0 Å². The van der Waals surface area contributed by atoms with Crippen molar-refractivity contribution in [2.24, 2.45) is 0 Å². The largest absolute Gasteiger partial charge is 0.493 e. The van der Waals surface area contributed by atoms with Gasteiger partial charge < -0.3 is 19.5 Å². The van der Waals surface area contributed by atoms with Gasteiger partial charge in [-0.25, -0.2) is 4.39 Å². The zero-order valence-corrected chi connectivity index (χ0v) is 16.1. The molecule has 27 heavy (non-hydrogen) atoms. The first-order valence-electron chi connectivity index (χ1n) is 9.55. The predicted octanol–water partition coefficient (Wildman–Crippen LogP) is 1.99. The van der Waals surface area contributed by atoms with Crippen LogP contribution in [0.2, 0.25) is 0 Å². The van der Waals surface area contributed by atoms with Crippen LogP contribution in [-0.2, 0) is 11.3 Å². The number of para-hydroxylation sites is 1. The van der Waals surface area contributed by atoms with Crippen molar-refractivity contribution < 1.29 is 23.8 Å². The minimum atomic E-state index is -1.41. The van der Waals surface area contributed by atoms with Crippen LogP contribution in [0.4, 0.5) is 4.39 Å². The Kier molecular flexibility index (Phi) is 6.22. The number of alkyl halides is 1. The van der Waals surface area contributed by atoms with Crippen LogP contribution >= 0.6 is 0 Å². The van der Waals surface area contributed by atoms with Gasteiger partial charge in [0, 0.05) is 38.3 Å². The summed E-state index contributed by atoms with van der Waals surface area (Å²) >= 11 is 0. The summed E-state index contributed by atoms with van der Waals surface area (Å²) in [6.07, 6.45) is 1.33. The topological polar surface area (TPSA) is 62.2 Å². The average Bonchev–Trinajstić information content (AvgIpc) is 2.67. The fourth-order valence-electron chi connectivity index (χ4n) is 4.08. The number of likely N-dealkylation sites (tertiary alicyclic amines) is 2. The lowest BCUT2D eigenvalue weighted by molar-refractivity contribution is -0.160. The number of β-amino-alcohol motifs (C(OH)–C–C–N with tert-alkyl or cyclic N) is 1. The number of methoxy groups -OCH3 is 2. The van der Waals surface area contributed by atoms with Gasteiger partial charge in [-0.3, -0.25) is 9.69 Å². The molecule has 2 fully saturated rings. The summed E-state index contributed by atoms with van der Waals surface area (Å²) in [5.74, 6) is 0.955. The van der Waals surface area contributed by atoms with E-state index in [4.69, 9.17) is 9.47 Å². The van der Waals surface area contributed by atoms with Gasteiger partial charge in [0.05, 0.1) is 14.2 Å². The van der Waals surface area contributed by atoms with Gasteiger partial charge in [0.1, 0.15) is 6.17 Å². The first kappa shape index (κ1) is 19.9. The Morgan fingerprint density at radius 3 is 2.63 bits per heavy atom. The number of ether oxygens (including phenoxy) is 2. The minimum absolute atomic E-state index is 0.263. The number of amides is 1. The van der Waals surface area contributed by atoms with Crippen LogP contribution in [0.25, 0.3) is 0 Å². The second-order valence-corrected chi connectivity index (χ2v) is 7.47.